The highest BCUT2D eigenvalue weighted by Crippen LogP contribution is 2.40. The molecule has 2 N–H and O–H groups in total. The minimum absolute atomic E-state index is 0.326. The SMILES string of the molecule is O=C(O)C1(N2CCNCC2)CCN2CCC1C2. The molecule has 3 fully saturated rings. The molecule has 0 aromatic heterocycles. The zero-order valence-electron chi connectivity index (χ0n) is 10.2. The molecule has 0 amide bonds. The monoisotopic (exact) mass is 239 g/mol. The molecule has 96 valence electrons. The summed E-state index contributed by atoms with van der Waals surface area (Å²) in [6.45, 7) is 6.62. The summed E-state index contributed by atoms with van der Waals surface area (Å²) in [5.41, 5.74) is -0.574. The third kappa shape index (κ3) is 1.68. The second-order valence-electron chi connectivity index (χ2n) is 5.50. The first kappa shape index (κ1) is 11.4. The van der Waals surface area contributed by atoms with Crippen molar-refractivity contribution in [1.82, 2.24) is 15.1 Å². The van der Waals surface area contributed by atoms with Crippen LogP contribution in [-0.2, 0) is 4.79 Å². The van der Waals surface area contributed by atoms with Crippen LogP contribution >= 0.6 is 0 Å². The van der Waals surface area contributed by atoms with E-state index in [0.29, 0.717) is 5.92 Å². The zero-order chi connectivity index (χ0) is 11.9. The first-order chi connectivity index (χ1) is 8.23. The fraction of sp³-hybridized carbons (Fsp3) is 0.917. The second-order valence-corrected chi connectivity index (χ2v) is 5.50. The molecular weight excluding hydrogens is 218 g/mol. The Balaban J connectivity index is 1.88. The number of carboxylic acids is 1. The summed E-state index contributed by atoms with van der Waals surface area (Å²) in [6.07, 6.45) is 1.85. The zero-order valence-corrected chi connectivity index (χ0v) is 10.2. The standard InChI is InChI=1S/C12H21N3O2/c16-11(17)12(15-7-3-13-4-8-15)2-6-14-5-1-10(12)9-14/h10,13H,1-9H2,(H,16,17). The van der Waals surface area contributed by atoms with E-state index in [4.69, 9.17) is 0 Å². The molecule has 0 spiro atoms. The lowest BCUT2D eigenvalue weighted by Crippen LogP contribution is -2.66. The van der Waals surface area contributed by atoms with Crippen molar-refractivity contribution in [1.29, 1.82) is 0 Å². The van der Waals surface area contributed by atoms with E-state index in [1.165, 1.54) is 0 Å². The Labute approximate surface area is 102 Å². The minimum atomic E-state index is -0.592. The summed E-state index contributed by atoms with van der Waals surface area (Å²) in [5, 5.41) is 13.1. The Morgan fingerprint density at radius 3 is 2.71 bits per heavy atom. The van der Waals surface area contributed by atoms with Gasteiger partial charge < -0.3 is 15.3 Å². The lowest BCUT2D eigenvalue weighted by molar-refractivity contribution is -0.159. The topological polar surface area (TPSA) is 55.8 Å². The van der Waals surface area contributed by atoms with E-state index in [9.17, 15) is 9.90 Å². The van der Waals surface area contributed by atoms with Gasteiger partial charge in [0, 0.05) is 45.2 Å². The van der Waals surface area contributed by atoms with Crippen molar-refractivity contribution < 1.29 is 9.90 Å². The first-order valence-electron chi connectivity index (χ1n) is 6.65. The fourth-order valence-electron chi connectivity index (χ4n) is 3.86. The van der Waals surface area contributed by atoms with Gasteiger partial charge in [-0.2, -0.15) is 0 Å². The number of piperazine rings is 1. The number of nitrogens with zero attached hydrogens (tertiary/aromatic N) is 2. The van der Waals surface area contributed by atoms with E-state index < -0.39 is 11.5 Å². The van der Waals surface area contributed by atoms with E-state index in [1.807, 2.05) is 0 Å². The maximum absolute atomic E-state index is 11.9. The van der Waals surface area contributed by atoms with Crippen molar-refractivity contribution in [2.75, 3.05) is 45.8 Å². The molecule has 0 aromatic rings. The number of nitrogens with one attached hydrogen (secondary N) is 1. The largest absolute Gasteiger partial charge is 0.480 e. The first-order valence-corrected chi connectivity index (χ1v) is 6.65. The van der Waals surface area contributed by atoms with Gasteiger partial charge in [-0.15, -0.1) is 0 Å². The third-order valence-corrected chi connectivity index (χ3v) is 4.81. The van der Waals surface area contributed by atoms with Crippen LogP contribution in [-0.4, -0.2) is 72.2 Å². The molecule has 3 aliphatic rings. The molecule has 0 saturated carbocycles. The number of hydrogen-bond acceptors (Lipinski definition) is 4. The molecule has 3 atom stereocenters. The van der Waals surface area contributed by atoms with Crippen LogP contribution in [0, 0.1) is 5.92 Å². The van der Waals surface area contributed by atoms with Crippen molar-refractivity contribution in [3.8, 4) is 0 Å². The number of hydrogen-bond donors (Lipinski definition) is 2. The van der Waals surface area contributed by atoms with Crippen molar-refractivity contribution in [2.24, 2.45) is 5.92 Å². The summed E-state index contributed by atoms with van der Waals surface area (Å²) in [7, 11) is 0. The molecule has 0 aromatic carbocycles. The Morgan fingerprint density at radius 2 is 2.00 bits per heavy atom. The van der Waals surface area contributed by atoms with Gasteiger partial charge in [0.2, 0.25) is 0 Å². The average Bonchev–Trinajstić information content (AvgIpc) is 2.74. The predicted octanol–water partition coefficient (Wildman–Crippen LogP) is -0.559. The minimum Gasteiger partial charge on any atom is -0.480 e. The highest BCUT2D eigenvalue weighted by molar-refractivity contribution is 5.79. The molecule has 3 unspecified atom stereocenters. The number of rotatable bonds is 2. The summed E-state index contributed by atoms with van der Waals surface area (Å²) in [4.78, 5) is 16.5. The molecule has 0 aliphatic carbocycles. The number of fused-ring (bicyclic) bond motifs is 2. The third-order valence-electron chi connectivity index (χ3n) is 4.81. The van der Waals surface area contributed by atoms with Gasteiger partial charge in [0.05, 0.1) is 0 Å². The lowest BCUT2D eigenvalue weighted by Gasteiger charge is -2.48. The van der Waals surface area contributed by atoms with Crippen LogP contribution in [0.25, 0.3) is 0 Å². The van der Waals surface area contributed by atoms with Gasteiger partial charge in [0.1, 0.15) is 5.54 Å². The molecule has 2 bridgehead atoms. The van der Waals surface area contributed by atoms with Crippen molar-refractivity contribution in [2.45, 2.75) is 18.4 Å². The van der Waals surface area contributed by atoms with Crippen LogP contribution in [0.2, 0.25) is 0 Å². The van der Waals surface area contributed by atoms with Gasteiger partial charge in [0.15, 0.2) is 0 Å². The van der Waals surface area contributed by atoms with Crippen LogP contribution in [0.15, 0.2) is 0 Å². The lowest BCUT2D eigenvalue weighted by atomic mass is 9.77. The molecule has 3 saturated heterocycles. The number of piperidine rings is 1. The smallest absolute Gasteiger partial charge is 0.324 e. The highest BCUT2D eigenvalue weighted by Gasteiger charge is 2.55. The van der Waals surface area contributed by atoms with Crippen molar-refractivity contribution in [3.05, 3.63) is 0 Å². The van der Waals surface area contributed by atoms with Crippen LogP contribution in [0.3, 0.4) is 0 Å². The molecule has 17 heavy (non-hydrogen) atoms. The summed E-state index contributed by atoms with van der Waals surface area (Å²) in [6, 6.07) is 0. The Bertz CT molecular complexity index is 317. The van der Waals surface area contributed by atoms with Gasteiger partial charge >= 0.3 is 5.97 Å². The Hall–Kier alpha value is -0.650. The number of carbonyl (C=O) groups is 1. The van der Waals surface area contributed by atoms with E-state index in [2.05, 4.69) is 15.1 Å². The molecule has 5 nitrogen and oxygen atoms in total. The van der Waals surface area contributed by atoms with Gasteiger partial charge in [-0.05, 0) is 19.4 Å². The van der Waals surface area contributed by atoms with E-state index >= 15 is 0 Å². The van der Waals surface area contributed by atoms with Crippen LogP contribution in [0.4, 0.5) is 0 Å². The highest BCUT2D eigenvalue weighted by atomic mass is 16.4. The number of aliphatic carboxylic acids is 1. The Kier molecular flexibility index (Phi) is 2.84. The van der Waals surface area contributed by atoms with Gasteiger partial charge in [-0.25, -0.2) is 0 Å². The number of carboxylic acid groups (broad SMARTS) is 1. The van der Waals surface area contributed by atoms with Gasteiger partial charge in [0.25, 0.3) is 0 Å². The molecule has 3 aliphatic heterocycles. The second kappa shape index (κ2) is 4.23. The molecule has 5 heteroatoms. The van der Waals surface area contributed by atoms with Gasteiger partial charge in [-0.1, -0.05) is 0 Å². The van der Waals surface area contributed by atoms with Crippen LogP contribution in [0.1, 0.15) is 12.8 Å². The van der Waals surface area contributed by atoms with Crippen molar-refractivity contribution >= 4 is 5.97 Å². The normalized spacial score (nSPS) is 42.6. The quantitative estimate of drug-likeness (QED) is 0.676. The van der Waals surface area contributed by atoms with E-state index in [1.54, 1.807) is 0 Å². The molecule has 3 heterocycles. The average molecular weight is 239 g/mol. The summed E-state index contributed by atoms with van der Waals surface area (Å²) in [5.74, 6) is -0.266. The van der Waals surface area contributed by atoms with E-state index in [0.717, 1.165) is 58.7 Å². The Morgan fingerprint density at radius 1 is 1.24 bits per heavy atom. The van der Waals surface area contributed by atoms with Crippen molar-refractivity contribution in [3.63, 3.8) is 0 Å². The summed E-state index contributed by atoms with van der Waals surface area (Å²) >= 11 is 0. The molecule has 3 rings (SSSR count). The maximum Gasteiger partial charge on any atom is 0.324 e. The fourth-order valence-corrected chi connectivity index (χ4v) is 3.86. The van der Waals surface area contributed by atoms with Crippen LogP contribution < -0.4 is 5.32 Å². The molecular formula is C12H21N3O2. The van der Waals surface area contributed by atoms with E-state index in [-0.39, 0.29) is 0 Å². The van der Waals surface area contributed by atoms with Crippen LogP contribution in [0.5, 0.6) is 0 Å². The molecule has 0 radical (unpaired) electrons. The predicted molar refractivity (Wildman–Crippen MR) is 64.0 cm³/mol. The maximum atomic E-state index is 11.9. The summed E-state index contributed by atoms with van der Waals surface area (Å²) < 4.78 is 0. The van der Waals surface area contributed by atoms with Gasteiger partial charge in [-0.3, -0.25) is 9.69 Å².